The molecule has 0 saturated carbocycles. The van der Waals surface area contributed by atoms with Crippen LogP contribution in [0.4, 0.5) is 10.1 Å². The molecule has 168 valence electrons. The summed E-state index contributed by atoms with van der Waals surface area (Å²) in [5, 5.41) is 2.54. The Morgan fingerprint density at radius 3 is 2.42 bits per heavy atom. The van der Waals surface area contributed by atoms with Crippen LogP contribution in [-0.4, -0.2) is 21.5 Å². The number of halogens is 1. The van der Waals surface area contributed by atoms with Gasteiger partial charge in [0.05, 0.1) is 11.4 Å². The van der Waals surface area contributed by atoms with Crippen LogP contribution in [0.25, 0.3) is 11.8 Å². The molecule has 1 aromatic heterocycles. The number of thiocarbonyl (C=S) groups is 1. The van der Waals surface area contributed by atoms with E-state index >= 15 is 0 Å². The minimum Gasteiger partial charge on any atom is -0.317 e. The number of para-hydroxylation sites is 1. The molecule has 1 aliphatic rings. The van der Waals surface area contributed by atoms with Crippen molar-refractivity contribution in [1.82, 2.24) is 9.88 Å². The highest BCUT2D eigenvalue weighted by Crippen LogP contribution is 2.29. The van der Waals surface area contributed by atoms with Crippen molar-refractivity contribution in [3.63, 3.8) is 0 Å². The van der Waals surface area contributed by atoms with Crippen LogP contribution >= 0.6 is 12.2 Å². The van der Waals surface area contributed by atoms with Gasteiger partial charge in [0.15, 0.2) is 5.11 Å². The fraction of sp³-hybridized carbons (Fsp3) is 0.192. The van der Waals surface area contributed by atoms with Crippen molar-refractivity contribution in [2.45, 2.75) is 34.1 Å². The van der Waals surface area contributed by atoms with Gasteiger partial charge in [0.1, 0.15) is 11.4 Å². The third-order valence-electron chi connectivity index (χ3n) is 5.88. The molecule has 0 aliphatic carbocycles. The number of carbonyl (C=O) groups excluding carboxylic acids is 2. The maximum atomic E-state index is 13.4. The minimum atomic E-state index is -0.557. The summed E-state index contributed by atoms with van der Waals surface area (Å²) in [5.41, 5.74) is 6.52. The Kier molecular flexibility index (Phi) is 5.99. The SMILES string of the molecule is CCc1cccc(C)c1-n1c(C)cc(C=C2C(=O)NC(=S)N(c3ccc(F)cc3)C2=O)c1C. The van der Waals surface area contributed by atoms with Crippen LogP contribution in [0.3, 0.4) is 0 Å². The molecule has 1 fully saturated rings. The van der Waals surface area contributed by atoms with Crippen molar-refractivity contribution in [2.24, 2.45) is 0 Å². The molecule has 0 atom stereocenters. The Morgan fingerprint density at radius 1 is 1.06 bits per heavy atom. The first-order valence-corrected chi connectivity index (χ1v) is 11.1. The number of anilines is 1. The Balaban J connectivity index is 1.80. The zero-order chi connectivity index (χ0) is 23.9. The molecule has 2 heterocycles. The van der Waals surface area contributed by atoms with Crippen molar-refractivity contribution in [3.05, 3.63) is 88.0 Å². The summed E-state index contributed by atoms with van der Waals surface area (Å²) in [6.45, 7) is 8.17. The fourth-order valence-electron chi connectivity index (χ4n) is 4.24. The fourth-order valence-corrected chi connectivity index (χ4v) is 4.52. The Bertz CT molecular complexity index is 1320. The molecule has 4 rings (SSSR count). The smallest absolute Gasteiger partial charge is 0.270 e. The number of nitrogens with zero attached hydrogens (tertiary/aromatic N) is 2. The highest BCUT2D eigenvalue weighted by atomic mass is 32.1. The largest absolute Gasteiger partial charge is 0.317 e. The van der Waals surface area contributed by atoms with E-state index in [2.05, 4.69) is 35.9 Å². The van der Waals surface area contributed by atoms with E-state index in [0.29, 0.717) is 5.69 Å². The Morgan fingerprint density at radius 2 is 1.76 bits per heavy atom. The van der Waals surface area contributed by atoms with Crippen LogP contribution < -0.4 is 10.2 Å². The number of aromatic nitrogens is 1. The van der Waals surface area contributed by atoms with Gasteiger partial charge >= 0.3 is 0 Å². The molecule has 5 nitrogen and oxygen atoms in total. The lowest BCUT2D eigenvalue weighted by Gasteiger charge is -2.28. The van der Waals surface area contributed by atoms with Crippen LogP contribution in [0.1, 0.15) is 35.0 Å². The highest BCUT2D eigenvalue weighted by Gasteiger charge is 2.34. The molecule has 33 heavy (non-hydrogen) atoms. The predicted molar refractivity (Wildman–Crippen MR) is 132 cm³/mol. The van der Waals surface area contributed by atoms with Crippen molar-refractivity contribution >= 4 is 40.9 Å². The van der Waals surface area contributed by atoms with Gasteiger partial charge in [0.25, 0.3) is 11.8 Å². The number of amides is 2. The summed E-state index contributed by atoms with van der Waals surface area (Å²) in [7, 11) is 0. The lowest BCUT2D eigenvalue weighted by Crippen LogP contribution is -2.54. The van der Waals surface area contributed by atoms with E-state index in [1.54, 1.807) is 6.08 Å². The van der Waals surface area contributed by atoms with Crippen molar-refractivity contribution in [3.8, 4) is 5.69 Å². The molecule has 7 heteroatoms. The highest BCUT2D eigenvalue weighted by molar-refractivity contribution is 7.80. The quantitative estimate of drug-likeness (QED) is 0.340. The number of hydrogen-bond donors (Lipinski definition) is 1. The normalized spacial score (nSPS) is 15.4. The molecule has 1 N–H and O–H groups in total. The lowest BCUT2D eigenvalue weighted by molar-refractivity contribution is -0.122. The van der Waals surface area contributed by atoms with E-state index in [1.807, 2.05) is 26.0 Å². The van der Waals surface area contributed by atoms with Crippen LogP contribution in [0.2, 0.25) is 0 Å². The minimum absolute atomic E-state index is 0.0336. The summed E-state index contributed by atoms with van der Waals surface area (Å²) < 4.78 is 15.5. The monoisotopic (exact) mass is 461 g/mol. The number of nitrogens with one attached hydrogen (secondary N) is 1. The van der Waals surface area contributed by atoms with Crippen LogP contribution in [0.15, 0.2) is 54.1 Å². The second kappa shape index (κ2) is 8.75. The average Bonchev–Trinajstić information content (AvgIpc) is 3.05. The van der Waals surface area contributed by atoms with E-state index in [4.69, 9.17) is 12.2 Å². The van der Waals surface area contributed by atoms with E-state index in [-0.39, 0.29) is 10.7 Å². The Hall–Kier alpha value is -3.58. The van der Waals surface area contributed by atoms with E-state index in [1.165, 1.54) is 34.7 Å². The topological polar surface area (TPSA) is 54.3 Å². The van der Waals surface area contributed by atoms with E-state index in [9.17, 15) is 14.0 Å². The molecule has 1 aliphatic heterocycles. The second-order valence-corrected chi connectivity index (χ2v) is 8.42. The average molecular weight is 462 g/mol. The first-order chi connectivity index (χ1) is 15.7. The molecule has 0 spiro atoms. The number of aryl methyl sites for hydroxylation is 3. The van der Waals surface area contributed by atoms with Gasteiger partial charge in [-0.25, -0.2) is 4.39 Å². The molecule has 2 aromatic carbocycles. The molecule has 0 radical (unpaired) electrons. The maximum absolute atomic E-state index is 13.4. The molecular weight excluding hydrogens is 437 g/mol. The zero-order valence-electron chi connectivity index (χ0n) is 18.9. The molecule has 1 saturated heterocycles. The van der Waals surface area contributed by atoms with Gasteiger partial charge in [0.2, 0.25) is 0 Å². The van der Waals surface area contributed by atoms with Gasteiger partial charge in [0, 0.05) is 11.4 Å². The van der Waals surface area contributed by atoms with Gasteiger partial charge in [-0.05, 0) is 92.5 Å². The van der Waals surface area contributed by atoms with Crippen molar-refractivity contribution in [2.75, 3.05) is 4.90 Å². The Labute approximate surface area is 197 Å². The number of hydrogen-bond acceptors (Lipinski definition) is 3. The van der Waals surface area contributed by atoms with Gasteiger partial charge in [-0.15, -0.1) is 0 Å². The van der Waals surface area contributed by atoms with Crippen LogP contribution in [0.5, 0.6) is 0 Å². The number of rotatable bonds is 4. The van der Waals surface area contributed by atoms with Crippen molar-refractivity contribution < 1.29 is 14.0 Å². The molecule has 2 amide bonds. The van der Waals surface area contributed by atoms with E-state index < -0.39 is 17.6 Å². The first-order valence-electron chi connectivity index (χ1n) is 10.7. The molecule has 3 aromatic rings. The van der Waals surface area contributed by atoms with Gasteiger partial charge in [-0.2, -0.15) is 0 Å². The summed E-state index contributed by atoms with van der Waals surface area (Å²) in [5.74, 6) is -1.53. The van der Waals surface area contributed by atoms with Gasteiger partial charge in [-0.1, -0.05) is 25.1 Å². The summed E-state index contributed by atoms with van der Waals surface area (Å²) in [6.07, 6.45) is 2.48. The third kappa shape index (κ3) is 4.00. The summed E-state index contributed by atoms with van der Waals surface area (Å²) in [6, 6.07) is 13.6. The first kappa shape index (κ1) is 22.6. The summed E-state index contributed by atoms with van der Waals surface area (Å²) in [4.78, 5) is 27.2. The van der Waals surface area contributed by atoms with Crippen LogP contribution in [0, 0.1) is 26.6 Å². The van der Waals surface area contributed by atoms with Gasteiger partial charge in [-0.3, -0.25) is 19.8 Å². The second-order valence-electron chi connectivity index (χ2n) is 8.03. The van der Waals surface area contributed by atoms with E-state index in [0.717, 1.165) is 34.6 Å². The maximum Gasteiger partial charge on any atom is 0.270 e. The standard InChI is InChI=1S/C26H24FN3O2S/c1-5-18-8-6-7-15(2)23(18)29-16(3)13-19(17(29)4)14-22-24(31)28-26(33)30(25(22)32)21-11-9-20(27)10-12-21/h6-14H,5H2,1-4H3,(H,28,31,33). The van der Waals surface area contributed by atoms with Crippen LogP contribution in [-0.2, 0) is 16.0 Å². The van der Waals surface area contributed by atoms with Crippen molar-refractivity contribution in [1.29, 1.82) is 0 Å². The number of benzene rings is 2. The predicted octanol–water partition coefficient (Wildman–Crippen LogP) is 4.94. The number of carbonyl (C=O) groups is 2. The molecule has 0 bridgehead atoms. The third-order valence-corrected chi connectivity index (χ3v) is 6.17. The van der Waals surface area contributed by atoms with Gasteiger partial charge < -0.3 is 4.57 Å². The zero-order valence-corrected chi connectivity index (χ0v) is 19.7. The molecular formula is C26H24FN3O2S. The lowest BCUT2D eigenvalue weighted by atomic mass is 10.0. The molecule has 0 unspecified atom stereocenters. The summed E-state index contributed by atoms with van der Waals surface area (Å²) >= 11 is 5.22.